The van der Waals surface area contributed by atoms with Gasteiger partial charge in [0.2, 0.25) is 0 Å². The van der Waals surface area contributed by atoms with E-state index in [4.69, 9.17) is 11.6 Å². The van der Waals surface area contributed by atoms with Crippen LogP contribution in [0.15, 0.2) is 18.2 Å². The van der Waals surface area contributed by atoms with E-state index in [0.29, 0.717) is 11.5 Å². The molecule has 15 heavy (non-hydrogen) atoms. The highest BCUT2D eigenvalue weighted by molar-refractivity contribution is 6.30. The smallest absolute Gasteiger partial charge is 0.144 e. The van der Waals surface area contributed by atoms with Gasteiger partial charge in [0.15, 0.2) is 0 Å². The van der Waals surface area contributed by atoms with Crippen LogP contribution in [0, 0.1) is 11.7 Å². The lowest BCUT2D eigenvalue weighted by Gasteiger charge is -2.11. The third-order valence-corrected chi connectivity index (χ3v) is 2.78. The highest BCUT2D eigenvalue weighted by Gasteiger charge is 2.07. The highest BCUT2D eigenvalue weighted by atomic mass is 35.5. The van der Waals surface area contributed by atoms with Gasteiger partial charge < -0.3 is 5.32 Å². The monoisotopic (exact) mass is 229 g/mol. The molecule has 1 nitrogen and oxygen atoms in total. The van der Waals surface area contributed by atoms with Crippen molar-refractivity contribution in [3.8, 4) is 0 Å². The number of nitrogens with one attached hydrogen (secondary N) is 1. The first-order valence-corrected chi connectivity index (χ1v) is 5.60. The quantitative estimate of drug-likeness (QED) is 0.817. The molecule has 84 valence electrons. The Morgan fingerprint density at radius 2 is 2.20 bits per heavy atom. The van der Waals surface area contributed by atoms with E-state index in [1.165, 1.54) is 0 Å². The van der Waals surface area contributed by atoms with Crippen molar-refractivity contribution < 1.29 is 4.39 Å². The molecule has 1 atom stereocenters. The van der Waals surface area contributed by atoms with Gasteiger partial charge in [0.1, 0.15) is 5.82 Å². The van der Waals surface area contributed by atoms with Gasteiger partial charge in [-0.05, 0) is 44.0 Å². The minimum Gasteiger partial charge on any atom is -0.319 e. The van der Waals surface area contributed by atoms with Gasteiger partial charge in [-0.15, -0.1) is 0 Å². The molecule has 0 aliphatic rings. The summed E-state index contributed by atoms with van der Waals surface area (Å²) in [7, 11) is 1.93. The Labute approximate surface area is 95.6 Å². The van der Waals surface area contributed by atoms with Crippen molar-refractivity contribution in [3.05, 3.63) is 34.6 Å². The largest absolute Gasteiger partial charge is 0.319 e. The van der Waals surface area contributed by atoms with Gasteiger partial charge in [0.25, 0.3) is 0 Å². The molecule has 0 fully saturated rings. The summed E-state index contributed by atoms with van der Waals surface area (Å²) >= 11 is 5.70. The Morgan fingerprint density at radius 3 is 2.87 bits per heavy atom. The second-order valence-electron chi connectivity index (χ2n) is 3.91. The standard InChI is InChI=1S/C12H17ClFN/c1-9(8-15-2)6-7-10-4-3-5-11(13)12(10)14/h3-5,9,15H,6-8H2,1-2H3. The molecule has 0 heterocycles. The fraction of sp³-hybridized carbons (Fsp3) is 0.500. The van der Waals surface area contributed by atoms with Crippen LogP contribution in [-0.2, 0) is 6.42 Å². The van der Waals surface area contributed by atoms with E-state index in [-0.39, 0.29) is 10.8 Å². The molecule has 0 saturated heterocycles. The maximum Gasteiger partial charge on any atom is 0.144 e. The summed E-state index contributed by atoms with van der Waals surface area (Å²) in [6.45, 7) is 3.11. The Hall–Kier alpha value is -0.600. The van der Waals surface area contributed by atoms with Crippen LogP contribution >= 0.6 is 11.6 Å². The molecule has 0 aliphatic carbocycles. The molecule has 1 rings (SSSR count). The minimum absolute atomic E-state index is 0.216. The average molecular weight is 230 g/mol. The fourth-order valence-electron chi connectivity index (χ4n) is 1.59. The third-order valence-electron chi connectivity index (χ3n) is 2.49. The maximum atomic E-state index is 13.5. The molecule has 0 saturated carbocycles. The third kappa shape index (κ3) is 3.80. The lowest BCUT2D eigenvalue weighted by atomic mass is 10.0. The average Bonchev–Trinajstić information content (AvgIpc) is 2.21. The first-order valence-electron chi connectivity index (χ1n) is 5.22. The molecular formula is C12H17ClFN. The lowest BCUT2D eigenvalue weighted by Crippen LogP contribution is -2.16. The number of rotatable bonds is 5. The van der Waals surface area contributed by atoms with Gasteiger partial charge in [-0.3, -0.25) is 0 Å². The summed E-state index contributed by atoms with van der Waals surface area (Å²) in [6.07, 6.45) is 1.72. The van der Waals surface area contributed by atoms with Crippen molar-refractivity contribution >= 4 is 11.6 Å². The van der Waals surface area contributed by atoms with Gasteiger partial charge in [-0.2, -0.15) is 0 Å². The predicted octanol–water partition coefficient (Wildman–Crippen LogP) is 3.27. The minimum atomic E-state index is -0.268. The van der Waals surface area contributed by atoms with E-state index < -0.39 is 0 Å². The Bertz CT molecular complexity index is 314. The molecular weight excluding hydrogens is 213 g/mol. The van der Waals surface area contributed by atoms with Crippen LogP contribution in [0.2, 0.25) is 5.02 Å². The number of hydrogen-bond donors (Lipinski definition) is 1. The molecule has 0 aliphatic heterocycles. The van der Waals surface area contributed by atoms with E-state index in [0.717, 1.165) is 19.4 Å². The van der Waals surface area contributed by atoms with E-state index in [1.807, 2.05) is 7.05 Å². The molecule has 0 aromatic heterocycles. The Balaban J connectivity index is 2.54. The van der Waals surface area contributed by atoms with Crippen molar-refractivity contribution in [1.29, 1.82) is 0 Å². The SMILES string of the molecule is CNCC(C)CCc1cccc(Cl)c1F. The molecule has 1 unspecified atom stereocenters. The van der Waals surface area contributed by atoms with E-state index in [9.17, 15) is 4.39 Å². The first-order chi connectivity index (χ1) is 7.15. The lowest BCUT2D eigenvalue weighted by molar-refractivity contribution is 0.496. The molecule has 0 bridgehead atoms. The Morgan fingerprint density at radius 1 is 1.47 bits per heavy atom. The molecule has 1 aromatic rings. The highest BCUT2D eigenvalue weighted by Crippen LogP contribution is 2.20. The van der Waals surface area contributed by atoms with Crippen molar-refractivity contribution in [2.75, 3.05) is 13.6 Å². The van der Waals surface area contributed by atoms with E-state index in [1.54, 1.807) is 18.2 Å². The van der Waals surface area contributed by atoms with Gasteiger partial charge in [0, 0.05) is 0 Å². The van der Waals surface area contributed by atoms with Crippen LogP contribution < -0.4 is 5.32 Å². The number of benzene rings is 1. The topological polar surface area (TPSA) is 12.0 Å². The summed E-state index contributed by atoms with van der Waals surface area (Å²) in [4.78, 5) is 0. The summed E-state index contributed by atoms with van der Waals surface area (Å²) in [5.74, 6) is 0.282. The van der Waals surface area contributed by atoms with Crippen LogP contribution in [0.3, 0.4) is 0 Å². The molecule has 0 spiro atoms. The van der Waals surface area contributed by atoms with Gasteiger partial charge in [-0.1, -0.05) is 30.7 Å². The molecule has 3 heteroatoms. The zero-order chi connectivity index (χ0) is 11.3. The van der Waals surface area contributed by atoms with Crippen molar-refractivity contribution in [2.45, 2.75) is 19.8 Å². The predicted molar refractivity (Wildman–Crippen MR) is 62.8 cm³/mol. The fourth-order valence-corrected chi connectivity index (χ4v) is 1.79. The van der Waals surface area contributed by atoms with Crippen LogP contribution in [0.4, 0.5) is 4.39 Å². The van der Waals surface area contributed by atoms with E-state index in [2.05, 4.69) is 12.2 Å². The van der Waals surface area contributed by atoms with Crippen LogP contribution in [-0.4, -0.2) is 13.6 Å². The van der Waals surface area contributed by atoms with Crippen LogP contribution in [0.1, 0.15) is 18.9 Å². The summed E-state index contributed by atoms with van der Waals surface area (Å²) in [5.41, 5.74) is 0.713. The number of halogens is 2. The molecule has 1 aromatic carbocycles. The van der Waals surface area contributed by atoms with Gasteiger partial charge >= 0.3 is 0 Å². The Kier molecular flexibility index (Phi) is 5.06. The second-order valence-corrected chi connectivity index (χ2v) is 4.32. The normalized spacial score (nSPS) is 12.8. The van der Waals surface area contributed by atoms with Crippen molar-refractivity contribution in [1.82, 2.24) is 5.32 Å². The molecule has 0 radical (unpaired) electrons. The summed E-state index contributed by atoms with van der Waals surface area (Å²) in [5, 5.41) is 3.33. The second kappa shape index (κ2) is 6.09. The van der Waals surface area contributed by atoms with Crippen LogP contribution in [0.5, 0.6) is 0 Å². The first kappa shape index (κ1) is 12.5. The number of hydrogen-bond acceptors (Lipinski definition) is 1. The zero-order valence-corrected chi connectivity index (χ0v) is 9.94. The number of aryl methyl sites for hydroxylation is 1. The van der Waals surface area contributed by atoms with Crippen molar-refractivity contribution in [3.63, 3.8) is 0 Å². The summed E-state index contributed by atoms with van der Waals surface area (Å²) in [6, 6.07) is 5.17. The van der Waals surface area contributed by atoms with Crippen molar-refractivity contribution in [2.24, 2.45) is 5.92 Å². The molecule has 0 amide bonds. The summed E-state index contributed by atoms with van der Waals surface area (Å²) < 4.78 is 13.5. The van der Waals surface area contributed by atoms with Crippen LogP contribution in [0.25, 0.3) is 0 Å². The van der Waals surface area contributed by atoms with Gasteiger partial charge in [0.05, 0.1) is 5.02 Å². The molecule has 1 N–H and O–H groups in total. The van der Waals surface area contributed by atoms with E-state index >= 15 is 0 Å². The zero-order valence-electron chi connectivity index (χ0n) is 9.19. The van der Waals surface area contributed by atoms with Gasteiger partial charge in [-0.25, -0.2) is 4.39 Å². The maximum absolute atomic E-state index is 13.5.